The van der Waals surface area contributed by atoms with E-state index in [1.807, 2.05) is 4.98 Å². The van der Waals surface area contributed by atoms with Crippen LogP contribution in [0.4, 0.5) is 5.82 Å². The Morgan fingerprint density at radius 1 is 0.698 bits per heavy atom. The molecule has 4 rings (SSSR count). The van der Waals surface area contributed by atoms with Crippen molar-refractivity contribution in [3.63, 3.8) is 0 Å². The Balaban J connectivity index is 0.000000337. The standard InChI is InChI=1S/C12H20N3O15P3.C9H15BrN3O14P3/c13-3-1-2-6-4-15(12(19)14-10(6)18)11-9(17)8(16)7(28-11)5-27-32(23,24)30-33(25,26)29-31(20,21)22;10-3-1-13(9(16)12-7(3)11)8-6(15)5(14)4(25-8)2-24-29(20,21)27-30(22,23)26-28(17,18)19/h1,3-4,7-9,11,16-17H,2,5,13H2,(H,23,24)(H,25,26)(H,14,18,19)(H2,20,21,22);1,4-6,8,14-15H,2H2,(H,20,21)(H,22,23)(H2,11,12,16)(H2,17,18,19)/t7-,8-,9-,11-;4-,5-,6-,8-/m11/s1. The summed E-state index contributed by atoms with van der Waals surface area (Å²) < 4.78 is 102. The van der Waals surface area contributed by atoms with Gasteiger partial charge in [0.1, 0.15) is 42.4 Å². The van der Waals surface area contributed by atoms with Gasteiger partial charge in [0.15, 0.2) is 12.5 Å². The fourth-order valence-electron chi connectivity index (χ4n) is 4.83. The number of phosphoric acid groups is 6. The lowest BCUT2D eigenvalue weighted by molar-refractivity contribution is -0.0543. The molecule has 4 heterocycles. The van der Waals surface area contributed by atoms with E-state index < -0.39 is 126 Å². The second kappa shape index (κ2) is 21.3. The van der Waals surface area contributed by atoms with Crippen molar-refractivity contribution in [2.75, 3.05) is 18.9 Å². The molecule has 42 heteroatoms. The number of nitrogens with one attached hydrogen (secondary N) is 1. The number of aromatic amines is 1. The van der Waals surface area contributed by atoms with E-state index in [1.165, 1.54) is 6.08 Å². The Bertz CT molecular complexity index is 2470. The zero-order valence-electron chi connectivity index (χ0n) is 30.4. The number of halogens is 1. The Morgan fingerprint density at radius 3 is 1.54 bits per heavy atom. The van der Waals surface area contributed by atoms with Gasteiger partial charge < -0.3 is 80.5 Å². The molecule has 35 nitrogen and oxygen atoms in total. The smallest absolute Gasteiger partial charge is 0.405 e. The molecule has 0 bridgehead atoms. The molecule has 12 atom stereocenters. The summed E-state index contributed by atoms with van der Waals surface area (Å²) in [6, 6.07) is 0. The van der Waals surface area contributed by atoms with E-state index in [1.54, 1.807) is 0 Å². The summed E-state index contributed by atoms with van der Waals surface area (Å²) in [5.74, 6) is -0.159. The monoisotopic (exact) mass is 1100 g/mol. The first-order chi connectivity index (χ1) is 28.6. The molecule has 360 valence electrons. The molecule has 2 aliphatic rings. The summed E-state index contributed by atoms with van der Waals surface area (Å²) in [4.78, 5) is 112. The summed E-state index contributed by atoms with van der Waals surface area (Å²) in [6.45, 7) is -2.10. The molecular weight excluding hydrogens is 1070 g/mol. The second-order valence-electron chi connectivity index (χ2n) is 12.0. The summed E-state index contributed by atoms with van der Waals surface area (Å²) >= 11 is 3.01. The lowest BCUT2D eigenvalue weighted by atomic mass is 10.1. The third kappa shape index (κ3) is 16.7. The topological polar surface area (TPSA) is 561 Å². The molecule has 2 aliphatic heterocycles. The van der Waals surface area contributed by atoms with Gasteiger partial charge in [-0.3, -0.25) is 28.0 Å². The van der Waals surface area contributed by atoms with E-state index in [9.17, 15) is 72.0 Å². The molecule has 63 heavy (non-hydrogen) atoms. The number of nitrogen functional groups attached to an aromatic ring is 1. The maximum absolute atomic E-state index is 12.1. The van der Waals surface area contributed by atoms with E-state index in [0.29, 0.717) is 0 Å². The van der Waals surface area contributed by atoms with Crippen LogP contribution in [0.2, 0.25) is 0 Å². The Hall–Kier alpha value is -2.04. The third-order valence-electron chi connectivity index (χ3n) is 7.31. The van der Waals surface area contributed by atoms with Gasteiger partial charge in [0.05, 0.1) is 17.7 Å². The van der Waals surface area contributed by atoms with Gasteiger partial charge in [0.2, 0.25) is 0 Å². The summed E-state index contributed by atoms with van der Waals surface area (Å²) in [6.07, 6.45) is -8.74. The summed E-state index contributed by atoms with van der Waals surface area (Å²) in [7, 11) is -33.6. The average Bonchev–Trinajstić information content (AvgIpc) is 3.53. The highest BCUT2D eigenvalue weighted by Gasteiger charge is 2.48. The van der Waals surface area contributed by atoms with Gasteiger partial charge in [-0.25, -0.2) is 37.0 Å². The highest BCUT2D eigenvalue weighted by atomic mass is 79.9. The fourth-order valence-corrected chi connectivity index (χ4v) is 11.2. The Kier molecular flexibility index (Phi) is 18.7. The van der Waals surface area contributed by atoms with Crippen molar-refractivity contribution in [2.45, 2.75) is 55.5 Å². The van der Waals surface area contributed by atoms with Gasteiger partial charge in [0, 0.05) is 18.0 Å². The van der Waals surface area contributed by atoms with Crippen LogP contribution in [0.5, 0.6) is 0 Å². The summed E-state index contributed by atoms with van der Waals surface area (Å²) in [5, 5.41) is 40.4. The zero-order valence-corrected chi connectivity index (χ0v) is 37.4. The molecule has 2 saturated heterocycles. The average molecular weight is 1100 g/mol. The molecule has 4 unspecified atom stereocenters. The molecule has 0 amide bonds. The number of aliphatic hydroxyl groups is 4. The van der Waals surface area contributed by atoms with Gasteiger partial charge >= 0.3 is 58.3 Å². The number of nitrogens with zero attached hydrogens (tertiary/aromatic N) is 3. The zero-order chi connectivity index (χ0) is 48.3. The fraction of sp³-hybridized carbons (Fsp3) is 0.524. The highest BCUT2D eigenvalue weighted by Crippen LogP contribution is 2.67. The molecule has 2 aromatic heterocycles. The van der Waals surface area contributed by atoms with E-state index in [0.717, 1.165) is 27.7 Å². The molecular formula is C21H35BrN6O29P6. The van der Waals surface area contributed by atoms with Crippen LogP contribution < -0.4 is 28.4 Å². The van der Waals surface area contributed by atoms with Crippen molar-refractivity contribution < 1.29 is 123 Å². The number of aliphatic hydroxyl groups excluding tert-OH is 4. The van der Waals surface area contributed by atoms with E-state index in [-0.39, 0.29) is 22.3 Å². The van der Waals surface area contributed by atoms with Crippen molar-refractivity contribution in [3.05, 3.63) is 66.0 Å². The van der Waals surface area contributed by atoms with Crippen molar-refractivity contribution in [1.82, 2.24) is 19.1 Å². The van der Waals surface area contributed by atoms with Gasteiger partial charge in [-0.15, -0.1) is 0 Å². The van der Waals surface area contributed by atoms with Gasteiger partial charge in [-0.05, 0) is 28.6 Å². The number of rotatable bonds is 18. The van der Waals surface area contributed by atoms with Gasteiger partial charge in [-0.1, -0.05) is 6.08 Å². The molecule has 0 aliphatic carbocycles. The van der Waals surface area contributed by atoms with Crippen LogP contribution in [0, 0.1) is 0 Å². The van der Waals surface area contributed by atoms with Crippen LogP contribution in [0.3, 0.4) is 0 Å². The van der Waals surface area contributed by atoms with E-state index >= 15 is 0 Å². The molecule has 2 aromatic rings. The summed E-state index contributed by atoms with van der Waals surface area (Å²) in [5.41, 5.74) is 7.96. The number of phosphoric ester groups is 2. The van der Waals surface area contributed by atoms with Crippen LogP contribution in [0.1, 0.15) is 18.0 Å². The number of ether oxygens (including phenoxy) is 2. The second-order valence-corrected chi connectivity index (χ2v) is 21.7. The molecule has 0 spiro atoms. The van der Waals surface area contributed by atoms with Crippen LogP contribution in [-0.4, -0.2) is 129 Å². The minimum Gasteiger partial charge on any atom is -0.405 e. The molecule has 0 radical (unpaired) electrons. The quantitative estimate of drug-likeness (QED) is 0.0634. The number of aromatic nitrogens is 4. The first kappa shape index (κ1) is 55.3. The largest absolute Gasteiger partial charge is 0.490 e. The maximum atomic E-state index is 12.1. The van der Waals surface area contributed by atoms with Crippen molar-refractivity contribution in [3.8, 4) is 0 Å². The number of anilines is 1. The molecule has 17 N–H and O–H groups in total. The minimum atomic E-state index is -5.76. The Morgan fingerprint density at radius 2 is 1.13 bits per heavy atom. The normalized spacial score (nSPS) is 28.1. The number of allylic oxidation sites excluding steroid dienone is 1. The van der Waals surface area contributed by atoms with Crippen molar-refractivity contribution >= 4 is 68.7 Å². The number of hydrogen-bond donors (Lipinski definition) is 15. The van der Waals surface area contributed by atoms with Crippen LogP contribution >= 0.6 is 62.9 Å². The Labute approximate surface area is 356 Å². The number of hydrogen-bond acceptors (Lipinski definition) is 24. The van der Waals surface area contributed by atoms with Crippen LogP contribution in [0.15, 0.2) is 43.5 Å². The van der Waals surface area contributed by atoms with Crippen molar-refractivity contribution in [1.29, 1.82) is 0 Å². The van der Waals surface area contributed by atoms with E-state index in [2.05, 4.69) is 47.2 Å². The predicted octanol–water partition coefficient (Wildman–Crippen LogP) is -3.94. The third-order valence-corrected chi connectivity index (χ3v) is 15.5. The first-order valence-corrected chi connectivity index (χ1v) is 25.7. The SMILES string of the molecule is NC=CCc1cn([C@@H]2O[C@H](COP(=O)(O)OP(=O)(O)OP(=O)(O)O)[C@@H](O)[C@H]2O)c(=O)[nH]c1=O.Nc1nc(=O)n([C@@H]2O[C@H](COP(=O)(O)OP(=O)(O)OP(=O)(O)O)[C@@H](O)[C@H]2O)cc1Br. The molecule has 0 aromatic carbocycles. The number of H-pyrrole nitrogens is 1. The maximum Gasteiger partial charge on any atom is 0.490 e. The lowest BCUT2D eigenvalue weighted by Gasteiger charge is -2.19. The predicted molar refractivity (Wildman–Crippen MR) is 200 cm³/mol. The van der Waals surface area contributed by atoms with Crippen LogP contribution in [-0.2, 0) is 69.6 Å². The van der Waals surface area contributed by atoms with E-state index in [4.69, 9.17) is 50.3 Å². The minimum absolute atomic E-state index is 0.00690. The van der Waals surface area contributed by atoms with Gasteiger partial charge in [-0.2, -0.15) is 22.2 Å². The molecule has 0 saturated carbocycles. The lowest BCUT2D eigenvalue weighted by Crippen LogP contribution is -2.38. The van der Waals surface area contributed by atoms with Crippen LogP contribution in [0.25, 0.3) is 0 Å². The first-order valence-electron chi connectivity index (χ1n) is 15.9. The van der Waals surface area contributed by atoms with Crippen molar-refractivity contribution in [2.24, 2.45) is 5.73 Å². The molecule has 2 fully saturated rings. The highest BCUT2D eigenvalue weighted by molar-refractivity contribution is 9.10. The number of nitrogens with two attached hydrogens (primary N) is 2. The van der Waals surface area contributed by atoms with Gasteiger partial charge in [0.25, 0.3) is 5.56 Å².